The standard InChI is InChI=1S/C18H17Cl2N5/c1-25(9-5-13-2-6-21-7-3-13)17-4-8-22-18(24-17)23-16-11-14(19)10-15(20)12-16/h2-4,6-8,10-12H,5,9H2,1H3,(H,22,23,24). The van der Waals surface area contributed by atoms with E-state index >= 15 is 0 Å². The van der Waals surface area contributed by atoms with Crippen LogP contribution in [-0.2, 0) is 6.42 Å². The molecule has 1 aromatic carbocycles. The van der Waals surface area contributed by atoms with E-state index in [0.717, 1.165) is 24.5 Å². The van der Waals surface area contributed by atoms with Crippen LogP contribution < -0.4 is 10.2 Å². The molecular formula is C18H17Cl2N5. The maximum Gasteiger partial charge on any atom is 0.229 e. The Kier molecular flexibility index (Phi) is 5.68. The lowest BCUT2D eigenvalue weighted by Crippen LogP contribution is -2.21. The Morgan fingerprint density at radius 3 is 2.44 bits per heavy atom. The largest absolute Gasteiger partial charge is 0.359 e. The Labute approximate surface area is 156 Å². The van der Waals surface area contributed by atoms with Crippen LogP contribution >= 0.6 is 23.2 Å². The van der Waals surface area contributed by atoms with Gasteiger partial charge in [0.05, 0.1) is 0 Å². The van der Waals surface area contributed by atoms with E-state index in [1.165, 1.54) is 5.56 Å². The Balaban J connectivity index is 1.68. The first-order valence-corrected chi connectivity index (χ1v) is 8.52. The van der Waals surface area contributed by atoms with Crippen molar-refractivity contribution in [2.75, 3.05) is 23.8 Å². The molecule has 0 aliphatic carbocycles. The lowest BCUT2D eigenvalue weighted by molar-refractivity contribution is 0.855. The summed E-state index contributed by atoms with van der Waals surface area (Å²) in [7, 11) is 2.00. The van der Waals surface area contributed by atoms with Crippen molar-refractivity contribution in [1.29, 1.82) is 0 Å². The van der Waals surface area contributed by atoms with Crippen LogP contribution in [0.3, 0.4) is 0 Å². The van der Waals surface area contributed by atoms with Crippen LogP contribution in [-0.4, -0.2) is 28.5 Å². The maximum atomic E-state index is 6.02. The molecule has 0 amide bonds. The van der Waals surface area contributed by atoms with E-state index in [9.17, 15) is 0 Å². The first-order chi connectivity index (χ1) is 12.1. The SMILES string of the molecule is CN(CCc1ccncc1)c1ccnc(Nc2cc(Cl)cc(Cl)c2)n1. The van der Waals surface area contributed by atoms with Crippen molar-refractivity contribution >= 4 is 40.7 Å². The summed E-state index contributed by atoms with van der Waals surface area (Å²) in [6.07, 6.45) is 6.24. The highest BCUT2D eigenvalue weighted by Crippen LogP contribution is 2.24. The summed E-state index contributed by atoms with van der Waals surface area (Å²) in [5, 5.41) is 4.24. The van der Waals surface area contributed by atoms with Crippen molar-refractivity contribution in [2.24, 2.45) is 0 Å². The number of nitrogens with one attached hydrogen (secondary N) is 1. The molecule has 5 nitrogen and oxygen atoms in total. The summed E-state index contributed by atoms with van der Waals surface area (Å²) in [6.45, 7) is 0.837. The van der Waals surface area contributed by atoms with Gasteiger partial charge in [0.2, 0.25) is 5.95 Å². The third-order valence-corrected chi connectivity index (χ3v) is 4.07. The number of aromatic nitrogens is 3. The molecule has 3 rings (SSSR count). The summed E-state index contributed by atoms with van der Waals surface area (Å²) >= 11 is 12.0. The van der Waals surface area contributed by atoms with Crippen molar-refractivity contribution < 1.29 is 0 Å². The minimum Gasteiger partial charge on any atom is -0.359 e. The lowest BCUT2D eigenvalue weighted by atomic mass is 10.2. The second-order valence-corrected chi connectivity index (χ2v) is 6.42. The van der Waals surface area contributed by atoms with Gasteiger partial charge in [-0.2, -0.15) is 4.98 Å². The van der Waals surface area contributed by atoms with Gasteiger partial charge >= 0.3 is 0 Å². The van der Waals surface area contributed by atoms with Crippen LogP contribution in [0.15, 0.2) is 55.0 Å². The molecule has 0 aliphatic heterocycles. The fraction of sp³-hybridized carbons (Fsp3) is 0.167. The Bertz CT molecular complexity index is 822. The highest BCUT2D eigenvalue weighted by Gasteiger charge is 2.06. The average molecular weight is 374 g/mol. The minimum atomic E-state index is 0.492. The van der Waals surface area contributed by atoms with Gasteiger partial charge in [-0.05, 0) is 48.4 Å². The molecule has 0 spiro atoms. The topological polar surface area (TPSA) is 53.9 Å². The van der Waals surface area contributed by atoms with Gasteiger partial charge in [0.15, 0.2) is 0 Å². The van der Waals surface area contributed by atoms with Crippen molar-refractivity contribution in [3.8, 4) is 0 Å². The van der Waals surface area contributed by atoms with E-state index in [1.807, 2.05) is 25.2 Å². The number of anilines is 3. The van der Waals surface area contributed by atoms with Gasteiger partial charge in [-0.3, -0.25) is 4.98 Å². The zero-order valence-electron chi connectivity index (χ0n) is 13.7. The van der Waals surface area contributed by atoms with Gasteiger partial charge in [0.25, 0.3) is 0 Å². The second kappa shape index (κ2) is 8.14. The number of hydrogen-bond donors (Lipinski definition) is 1. The number of benzene rings is 1. The van der Waals surface area contributed by atoms with Crippen LogP contribution in [0.4, 0.5) is 17.5 Å². The van der Waals surface area contributed by atoms with Crippen LogP contribution in [0.25, 0.3) is 0 Å². The lowest BCUT2D eigenvalue weighted by Gasteiger charge is -2.18. The molecular weight excluding hydrogens is 357 g/mol. The Hall–Kier alpha value is -2.37. The van der Waals surface area contributed by atoms with Gasteiger partial charge in [0.1, 0.15) is 5.82 Å². The van der Waals surface area contributed by atoms with E-state index in [1.54, 1.807) is 36.8 Å². The van der Waals surface area contributed by atoms with Gasteiger partial charge in [-0.15, -0.1) is 0 Å². The Morgan fingerprint density at radius 2 is 1.72 bits per heavy atom. The van der Waals surface area contributed by atoms with Crippen LogP contribution in [0.1, 0.15) is 5.56 Å². The van der Waals surface area contributed by atoms with Gasteiger partial charge < -0.3 is 10.2 Å². The summed E-state index contributed by atoms with van der Waals surface area (Å²) in [6, 6.07) is 11.1. The molecule has 1 N–H and O–H groups in total. The molecule has 0 saturated carbocycles. The smallest absolute Gasteiger partial charge is 0.229 e. The summed E-state index contributed by atoms with van der Waals surface area (Å²) in [5.74, 6) is 1.33. The first-order valence-electron chi connectivity index (χ1n) is 7.76. The van der Waals surface area contributed by atoms with Crippen molar-refractivity contribution in [2.45, 2.75) is 6.42 Å². The number of nitrogens with zero attached hydrogens (tertiary/aromatic N) is 4. The number of likely N-dealkylation sites (N-methyl/N-ethyl adjacent to an activating group) is 1. The highest BCUT2D eigenvalue weighted by molar-refractivity contribution is 6.35. The number of hydrogen-bond acceptors (Lipinski definition) is 5. The fourth-order valence-corrected chi connectivity index (χ4v) is 2.86. The molecule has 0 bridgehead atoms. The van der Waals surface area contributed by atoms with E-state index in [4.69, 9.17) is 23.2 Å². The molecule has 0 saturated heterocycles. The highest BCUT2D eigenvalue weighted by atomic mass is 35.5. The normalized spacial score (nSPS) is 10.5. The third kappa shape index (κ3) is 5.05. The number of rotatable bonds is 6. The van der Waals surface area contributed by atoms with Gasteiger partial charge in [-0.1, -0.05) is 23.2 Å². The number of pyridine rings is 1. The zero-order valence-corrected chi connectivity index (χ0v) is 15.2. The third-order valence-electron chi connectivity index (χ3n) is 3.64. The molecule has 0 radical (unpaired) electrons. The van der Waals surface area contributed by atoms with Gasteiger partial charge in [-0.25, -0.2) is 4.98 Å². The monoisotopic (exact) mass is 373 g/mol. The van der Waals surface area contributed by atoms with Crippen molar-refractivity contribution in [3.05, 3.63) is 70.6 Å². The molecule has 2 aromatic heterocycles. The zero-order chi connectivity index (χ0) is 17.6. The fourth-order valence-electron chi connectivity index (χ4n) is 2.34. The van der Waals surface area contributed by atoms with Crippen LogP contribution in [0.2, 0.25) is 10.0 Å². The maximum absolute atomic E-state index is 6.02. The molecule has 0 atom stereocenters. The van der Waals surface area contributed by atoms with Crippen molar-refractivity contribution in [1.82, 2.24) is 15.0 Å². The Morgan fingerprint density at radius 1 is 1.00 bits per heavy atom. The molecule has 3 aromatic rings. The predicted molar refractivity (Wildman–Crippen MR) is 103 cm³/mol. The van der Waals surface area contributed by atoms with E-state index in [2.05, 4.69) is 25.2 Å². The van der Waals surface area contributed by atoms with Gasteiger partial charge in [0, 0.05) is 47.9 Å². The summed E-state index contributed by atoms with van der Waals surface area (Å²) in [4.78, 5) is 14.9. The van der Waals surface area contributed by atoms with Crippen LogP contribution in [0.5, 0.6) is 0 Å². The predicted octanol–water partition coefficient (Wildman–Crippen LogP) is 4.60. The number of halogens is 2. The molecule has 25 heavy (non-hydrogen) atoms. The molecule has 0 unspecified atom stereocenters. The second-order valence-electron chi connectivity index (χ2n) is 5.55. The quantitative estimate of drug-likeness (QED) is 0.683. The molecule has 128 valence electrons. The first kappa shape index (κ1) is 17.5. The molecule has 7 heteroatoms. The van der Waals surface area contributed by atoms with E-state index in [0.29, 0.717) is 16.0 Å². The summed E-state index contributed by atoms with van der Waals surface area (Å²) in [5.41, 5.74) is 1.98. The van der Waals surface area contributed by atoms with Crippen LogP contribution in [0, 0.1) is 0 Å². The summed E-state index contributed by atoms with van der Waals surface area (Å²) < 4.78 is 0. The molecule has 0 fully saturated rings. The molecule has 0 aliphatic rings. The van der Waals surface area contributed by atoms with E-state index < -0.39 is 0 Å². The minimum absolute atomic E-state index is 0.492. The average Bonchev–Trinajstić information content (AvgIpc) is 2.60. The van der Waals surface area contributed by atoms with Crippen molar-refractivity contribution in [3.63, 3.8) is 0 Å². The molecule has 2 heterocycles. The van der Waals surface area contributed by atoms with E-state index in [-0.39, 0.29) is 0 Å².